The lowest BCUT2D eigenvalue weighted by atomic mass is 10.1. The number of aromatic hydroxyl groups is 1. The van der Waals surface area contributed by atoms with Gasteiger partial charge in [-0.05, 0) is 31.2 Å². The molecule has 0 saturated heterocycles. The van der Waals surface area contributed by atoms with Gasteiger partial charge in [0.15, 0.2) is 5.75 Å². The summed E-state index contributed by atoms with van der Waals surface area (Å²) in [5, 5.41) is 32.0. The SMILES string of the molecule is CCOc1ccc(C(=O)Nc2ccc(C(=O)O)c(O)c2)cc1[N+](=O)[O-]. The zero-order valence-electron chi connectivity index (χ0n) is 13.1. The normalized spacial score (nSPS) is 10.1. The van der Waals surface area contributed by atoms with Crippen molar-refractivity contribution < 1.29 is 29.5 Å². The first kappa shape index (κ1) is 17.7. The summed E-state index contributed by atoms with van der Waals surface area (Å²) in [6.07, 6.45) is 0. The van der Waals surface area contributed by atoms with Gasteiger partial charge in [0.05, 0.1) is 11.5 Å². The molecule has 1 amide bonds. The molecule has 9 heteroatoms. The second-order valence-electron chi connectivity index (χ2n) is 4.86. The number of nitro groups is 1. The standard InChI is InChI=1S/C16H14N2O7/c1-2-25-14-6-3-9(7-12(14)18(23)24)15(20)17-10-4-5-11(16(21)22)13(19)8-10/h3-8,19H,2H2,1H3,(H,17,20)(H,21,22). The molecule has 2 rings (SSSR count). The third-order valence-electron chi connectivity index (χ3n) is 3.20. The summed E-state index contributed by atoms with van der Waals surface area (Å²) in [5.74, 6) is -2.43. The zero-order chi connectivity index (χ0) is 18.6. The number of carbonyl (C=O) groups is 2. The maximum atomic E-state index is 12.2. The highest BCUT2D eigenvalue weighted by molar-refractivity contribution is 6.05. The molecular weight excluding hydrogens is 332 g/mol. The Morgan fingerprint density at radius 1 is 1.24 bits per heavy atom. The molecule has 25 heavy (non-hydrogen) atoms. The topological polar surface area (TPSA) is 139 Å². The quantitative estimate of drug-likeness (QED) is 0.539. The number of carbonyl (C=O) groups excluding carboxylic acids is 1. The van der Waals surface area contributed by atoms with Gasteiger partial charge in [0.2, 0.25) is 0 Å². The maximum Gasteiger partial charge on any atom is 0.339 e. The number of benzene rings is 2. The molecule has 9 nitrogen and oxygen atoms in total. The van der Waals surface area contributed by atoms with E-state index >= 15 is 0 Å². The lowest BCUT2D eigenvalue weighted by molar-refractivity contribution is -0.385. The summed E-state index contributed by atoms with van der Waals surface area (Å²) in [5.41, 5.74) is -0.505. The number of anilines is 1. The number of carboxylic acid groups (broad SMARTS) is 1. The summed E-state index contributed by atoms with van der Waals surface area (Å²) >= 11 is 0. The molecule has 130 valence electrons. The van der Waals surface area contributed by atoms with Crippen molar-refractivity contribution in [1.82, 2.24) is 0 Å². The van der Waals surface area contributed by atoms with Crippen molar-refractivity contribution in [2.45, 2.75) is 6.92 Å². The van der Waals surface area contributed by atoms with Crippen LogP contribution >= 0.6 is 0 Å². The first-order valence-electron chi connectivity index (χ1n) is 7.12. The maximum absolute atomic E-state index is 12.2. The van der Waals surface area contributed by atoms with Crippen molar-refractivity contribution >= 4 is 23.3 Å². The number of amides is 1. The molecule has 0 saturated carbocycles. The van der Waals surface area contributed by atoms with Gasteiger partial charge in [0.1, 0.15) is 11.3 Å². The van der Waals surface area contributed by atoms with Crippen molar-refractivity contribution in [3.05, 3.63) is 57.6 Å². The number of nitro benzene ring substituents is 1. The fourth-order valence-electron chi connectivity index (χ4n) is 2.07. The lowest BCUT2D eigenvalue weighted by Gasteiger charge is -2.09. The van der Waals surface area contributed by atoms with E-state index in [-0.39, 0.29) is 34.9 Å². The van der Waals surface area contributed by atoms with Crippen LogP contribution in [0.25, 0.3) is 0 Å². The van der Waals surface area contributed by atoms with E-state index in [9.17, 15) is 24.8 Å². The molecule has 0 aliphatic rings. The summed E-state index contributed by atoms with van der Waals surface area (Å²) < 4.78 is 5.14. The fraction of sp³-hybridized carbons (Fsp3) is 0.125. The molecule has 0 aliphatic heterocycles. The highest BCUT2D eigenvalue weighted by atomic mass is 16.6. The molecule has 0 radical (unpaired) electrons. The van der Waals surface area contributed by atoms with E-state index in [1.54, 1.807) is 6.92 Å². The molecule has 0 heterocycles. The second kappa shape index (κ2) is 7.30. The molecule has 0 unspecified atom stereocenters. The Morgan fingerprint density at radius 3 is 2.52 bits per heavy atom. The number of carboxylic acids is 1. The third-order valence-corrected chi connectivity index (χ3v) is 3.20. The summed E-state index contributed by atoms with van der Waals surface area (Å²) in [4.78, 5) is 33.5. The van der Waals surface area contributed by atoms with E-state index in [1.807, 2.05) is 0 Å². The van der Waals surface area contributed by atoms with E-state index in [0.717, 1.165) is 18.2 Å². The van der Waals surface area contributed by atoms with Crippen LogP contribution in [0.2, 0.25) is 0 Å². The minimum Gasteiger partial charge on any atom is -0.507 e. The summed E-state index contributed by atoms with van der Waals surface area (Å²) in [7, 11) is 0. The van der Waals surface area contributed by atoms with Crippen molar-refractivity contribution in [2.24, 2.45) is 0 Å². The first-order chi connectivity index (χ1) is 11.8. The number of aromatic carboxylic acids is 1. The molecule has 0 spiro atoms. The van der Waals surface area contributed by atoms with Crippen LogP contribution in [0.5, 0.6) is 11.5 Å². The molecule has 2 aromatic carbocycles. The van der Waals surface area contributed by atoms with Gasteiger partial charge < -0.3 is 20.3 Å². The average molecular weight is 346 g/mol. The Labute approximate surface area is 141 Å². The van der Waals surface area contributed by atoms with E-state index in [1.165, 1.54) is 18.2 Å². The zero-order valence-corrected chi connectivity index (χ0v) is 13.1. The van der Waals surface area contributed by atoms with Crippen LogP contribution in [0.15, 0.2) is 36.4 Å². The Kier molecular flexibility index (Phi) is 5.18. The number of nitrogens with one attached hydrogen (secondary N) is 1. The van der Waals surface area contributed by atoms with Crippen LogP contribution in [0.1, 0.15) is 27.6 Å². The number of phenols is 1. The molecule has 0 aromatic heterocycles. The monoisotopic (exact) mass is 346 g/mol. The van der Waals surface area contributed by atoms with Crippen molar-refractivity contribution in [1.29, 1.82) is 0 Å². The minimum absolute atomic E-state index is 0.0111. The van der Waals surface area contributed by atoms with Crippen LogP contribution in [0.3, 0.4) is 0 Å². The van der Waals surface area contributed by atoms with Gasteiger partial charge in [-0.1, -0.05) is 0 Å². The van der Waals surface area contributed by atoms with Gasteiger partial charge in [0.25, 0.3) is 5.91 Å². The van der Waals surface area contributed by atoms with Gasteiger partial charge in [-0.15, -0.1) is 0 Å². The average Bonchev–Trinajstić information content (AvgIpc) is 2.54. The first-order valence-corrected chi connectivity index (χ1v) is 7.12. The van der Waals surface area contributed by atoms with Crippen LogP contribution in [0.4, 0.5) is 11.4 Å². The highest BCUT2D eigenvalue weighted by Crippen LogP contribution is 2.29. The molecule has 0 fully saturated rings. The van der Waals surface area contributed by atoms with Crippen LogP contribution < -0.4 is 10.1 Å². The molecule has 3 N–H and O–H groups in total. The lowest BCUT2D eigenvalue weighted by Crippen LogP contribution is -2.12. The summed E-state index contributed by atoms with van der Waals surface area (Å²) in [6, 6.07) is 7.26. The van der Waals surface area contributed by atoms with Gasteiger partial charge in [0, 0.05) is 23.4 Å². The third kappa shape index (κ3) is 4.02. The predicted molar refractivity (Wildman–Crippen MR) is 87.3 cm³/mol. The fourth-order valence-corrected chi connectivity index (χ4v) is 2.07. The molecule has 0 bridgehead atoms. The van der Waals surface area contributed by atoms with E-state index in [0.29, 0.717) is 0 Å². The van der Waals surface area contributed by atoms with Crippen LogP contribution in [-0.4, -0.2) is 33.6 Å². The molecule has 2 aromatic rings. The van der Waals surface area contributed by atoms with Gasteiger partial charge in [-0.2, -0.15) is 0 Å². The smallest absolute Gasteiger partial charge is 0.339 e. The van der Waals surface area contributed by atoms with Gasteiger partial charge in [-0.25, -0.2) is 4.79 Å². The molecule has 0 aliphatic carbocycles. The Morgan fingerprint density at radius 2 is 1.96 bits per heavy atom. The minimum atomic E-state index is -1.31. The van der Waals surface area contributed by atoms with Gasteiger partial charge >= 0.3 is 11.7 Å². The number of hydrogen-bond donors (Lipinski definition) is 3. The van der Waals surface area contributed by atoms with Crippen LogP contribution in [-0.2, 0) is 0 Å². The van der Waals surface area contributed by atoms with E-state index in [2.05, 4.69) is 5.32 Å². The largest absolute Gasteiger partial charge is 0.507 e. The Hall–Kier alpha value is -3.62. The second-order valence-corrected chi connectivity index (χ2v) is 4.86. The Balaban J connectivity index is 2.26. The number of rotatable bonds is 6. The molecule has 0 atom stereocenters. The molecular formula is C16H14N2O7. The highest BCUT2D eigenvalue weighted by Gasteiger charge is 2.19. The van der Waals surface area contributed by atoms with Crippen molar-refractivity contribution in [3.63, 3.8) is 0 Å². The Bertz CT molecular complexity index is 848. The van der Waals surface area contributed by atoms with Gasteiger partial charge in [-0.3, -0.25) is 14.9 Å². The van der Waals surface area contributed by atoms with E-state index in [4.69, 9.17) is 9.84 Å². The number of nitrogens with zero attached hydrogens (tertiary/aromatic N) is 1. The van der Waals surface area contributed by atoms with Crippen LogP contribution in [0, 0.1) is 10.1 Å². The van der Waals surface area contributed by atoms with Crippen molar-refractivity contribution in [3.8, 4) is 11.5 Å². The predicted octanol–water partition coefficient (Wildman–Crippen LogP) is 2.65. The van der Waals surface area contributed by atoms with E-state index < -0.39 is 22.5 Å². The summed E-state index contributed by atoms with van der Waals surface area (Å²) in [6.45, 7) is 1.92. The number of hydrogen-bond acceptors (Lipinski definition) is 6. The number of ether oxygens (including phenoxy) is 1. The van der Waals surface area contributed by atoms with Crippen molar-refractivity contribution in [2.75, 3.05) is 11.9 Å².